The third-order valence-electron chi connectivity index (χ3n) is 2.08. The van der Waals surface area contributed by atoms with Crippen LogP contribution in [0.5, 0.6) is 0 Å². The van der Waals surface area contributed by atoms with Crippen LogP contribution in [-0.2, 0) is 25.6 Å². The number of hydrogen-bond donors (Lipinski definition) is 0. The molecule has 1 heterocycles. The second-order valence-corrected chi connectivity index (χ2v) is 6.86. The van der Waals surface area contributed by atoms with Gasteiger partial charge in [-0.2, -0.15) is 8.42 Å². The fourth-order valence-electron chi connectivity index (χ4n) is 1.21. The van der Waals surface area contributed by atoms with E-state index >= 15 is 0 Å². The second kappa shape index (κ2) is 7.67. The van der Waals surface area contributed by atoms with E-state index in [-0.39, 0.29) is 5.75 Å². The first-order valence-corrected chi connectivity index (χ1v) is 8.49. The molecule has 0 fully saturated rings. The molecule has 0 aliphatic rings. The van der Waals surface area contributed by atoms with Crippen molar-refractivity contribution >= 4 is 28.2 Å². The largest absolute Gasteiger partial charge is 0.308 e. The van der Waals surface area contributed by atoms with E-state index in [2.05, 4.69) is 19.7 Å². The Balaban J connectivity index is 2.56. The Bertz CT molecular complexity index is 530. The van der Waals surface area contributed by atoms with Crippen molar-refractivity contribution in [2.24, 2.45) is 0 Å². The van der Waals surface area contributed by atoms with Crippen molar-refractivity contribution in [1.82, 2.24) is 25.1 Å². The van der Waals surface area contributed by atoms with Gasteiger partial charge in [-0.05, 0) is 24.5 Å². The molecule has 0 N–H and O–H groups in total. The zero-order valence-electron chi connectivity index (χ0n) is 11.5. The smallest absolute Gasteiger partial charge is 0.265 e. The molecule has 114 valence electrons. The lowest BCUT2D eigenvalue weighted by molar-refractivity contribution is -0.112. The second-order valence-electron chi connectivity index (χ2n) is 4.27. The molecule has 1 atom stereocenters. The Morgan fingerprint density at radius 3 is 2.75 bits per heavy atom. The van der Waals surface area contributed by atoms with E-state index in [9.17, 15) is 13.2 Å². The molecule has 0 aliphatic carbocycles. The molecule has 0 saturated carbocycles. The Labute approximate surface area is 121 Å². The molecule has 1 aromatic heterocycles. The standard InChI is InChI=1S/C9H17N5O4S2/c1-13(2)4-5-14-9(10-11-12-14)19-7-8(6-15)18-20(3,16)17/h6,8H,4-5,7H2,1-3H3. The third kappa shape index (κ3) is 6.41. The van der Waals surface area contributed by atoms with Crippen molar-refractivity contribution in [3.8, 4) is 0 Å². The SMILES string of the molecule is CN(C)CCn1nnnc1SCC(C=O)OS(C)(=O)=O. The van der Waals surface area contributed by atoms with Crippen molar-refractivity contribution in [3.05, 3.63) is 0 Å². The molecule has 1 rings (SSSR count). The molecule has 0 spiro atoms. The highest BCUT2D eigenvalue weighted by atomic mass is 32.2. The summed E-state index contributed by atoms with van der Waals surface area (Å²) in [5.74, 6) is 0.124. The molecule has 0 aliphatic heterocycles. The third-order valence-corrected chi connectivity index (χ3v) is 3.73. The van der Waals surface area contributed by atoms with Gasteiger partial charge < -0.3 is 9.69 Å². The van der Waals surface area contributed by atoms with E-state index in [0.29, 0.717) is 18.0 Å². The van der Waals surface area contributed by atoms with Gasteiger partial charge >= 0.3 is 0 Å². The molecule has 0 aromatic carbocycles. The molecule has 11 heteroatoms. The van der Waals surface area contributed by atoms with Crippen LogP contribution in [0.3, 0.4) is 0 Å². The van der Waals surface area contributed by atoms with E-state index in [4.69, 9.17) is 0 Å². The van der Waals surface area contributed by atoms with Gasteiger partial charge in [-0.3, -0.25) is 4.18 Å². The molecule has 1 aromatic rings. The van der Waals surface area contributed by atoms with E-state index in [1.54, 1.807) is 4.68 Å². The quantitative estimate of drug-likeness (QED) is 0.317. The van der Waals surface area contributed by atoms with Crippen LogP contribution in [0.2, 0.25) is 0 Å². The average Bonchev–Trinajstić information content (AvgIpc) is 2.78. The van der Waals surface area contributed by atoms with Crippen LogP contribution in [0, 0.1) is 0 Å². The van der Waals surface area contributed by atoms with E-state index in [1.165, 1.54) is 11.8 Å². The monoisotopic (exact) mass is 323 g/mol. The maximum Gasteiger partial charge on any atom is 0.265 e. The van der Waals surface area contributed by atoms with Crippen LogP contribution < -0.4 is 0 Å². The Morgan fingerprint density at radius 1 is 1.50 bits per heavy atom. The summed E-state index contributed by atoms with van der Waals surface area (Å²) in [6.45, 7) is 1.36. The number of carbonyl (C=O) groups is 1. The lowest BCUT2D eigenvalue weighted by Crippen LogP contribution is -2.22. The van der Waals surface area contributed by atoms with Gasteiger partial charge in [0, 0.05) is 12.3 Å². The topological polar surface area (TPSA) is 107 Å². The summed E-state index contributed by atoms with van der Waals surface area (Å²) in [7, 11) is 0.192. The number of tetrazole rings is 1. The van der Waals surface area contributed by atoms with Crippen LogP contribution in [-0.4, -0.2) is 78.6 Å². The van der Waals surface area contributed by atoms with Gasteiger partial charge in [0.25, 0.3) is 10.1 Å². The predicted molar refractivity (Wildman–Crippen MR) is 72.9 cm³/mol. The molecule has 20 heavy (non-hydrogen) atoms. The number of hydrogen-bond acceptors (Lipinski definition) is 9. The molecule has 0 radical (unpaired) electrons. The fourth-order valence-corrected chi connectivity index (χ4v) is 2.69. The van der Waals surface area contributed by atoms with E-state index in [0.717, 1.165) is 12.8 Å². The summed E-state index contributed by atoms with van der Waals surface area (Å²) < 4.78 is 28.1. The zero-order chi connectivity index (χ0) is 15.2. The maximum absolute atomic E-state index is 11.0. The normalized spacial score (nSPS) is 13.6. The average molecular weight is 323 g/mol. The summed E-state index contributed by atoms with van der Waals surface area (Å²) in [4.78, 5) is 12.8. The van der Waals surface area contributed by atoms with Crippen molar-refractivity contribution in [2.45, 2.75) is 17.8 Å². The molecule has 1 unspecified atom stereocenters. The van der Waals surface area contributed by atoms with Crippen LogP contribution in [0.1, 0.15) is 0 Å². The summed E-state index contributed by atoms with van der Waals surface area (Å²) >= 11 is 1.17. The van der Waals surface area contributed by atoms with Crippen LogP contribution in [0.4, 0.5) is 0 Å². The van der Waals surface area contributed by atoms with Gasteiger partial charge in [-0.25, -0.2) is 4.68 Å². The Hall–Kier alpha value is -1.04. The highest BCUT2D eigenvalue weighted by Crippen LogP contribution is 2.16. The van der Waals surface area contributed by atoms with E-state index in [1.807, 2.05) is 19.0 Å². The van der Waals surface area contributed by atoms with Gasteiger partial charge in [0.2, 0.25) is 5.16 Å². The molecule has 0 amide bonds. The Kier molecular flexibility index (Phi) is 6.52. The minimum Gasteiger partial charge on any atom is -0.308 e. The van der Waals surface area contributed by atoms with Crippen molar-refractivity contribution in [1.29, 1.82) is 0 Å². The lowest BCUT2D eigenvalue weighted by atomic mass is 10.5. The highest BCUT2D eigenvalue weighted by Gasteiger charge is 2.17. The van der Waals surface area contributed by atoms with Gasteiger partial charge in [0.1, 0.15) is 6.10 Å². The number of aromatic nitrogens is 4. The number of nitrogens with zero attached hydrogens (tertiary/aromatic N) is 5. The van der Waals surface area contributed by atoms with Crippen LogP contribution >= 0.6 is 11.8 Å². The van der Waals surface area contributed by atoms with Crippen LogP contribution in [0.25, 0.3) is 0 Å². The number of aldehydes is 1. The summed E-state index contributed by atoms with van der Waals surface area (Å²) in [6, 6.07) is 0. The molecule has 0 bridgehead atoms. The summed E-state index contributed by atoms with van der Waals surface area (Å²) in [6.07, 6.45) is 0.297. The predicted octanol–water partition coefficient (Wildman–Crippen LogP) is -1.13. The van der Waals surface area contributed by atoms with E-state index < -0.39 is 16.2 Å². The van der Waals surface area contributed by atoms with Gasteiger partial charge in [0.15, 0.2) is 6.29 Å². The van der Waals surface area contributed by atoms with Crippen LogP contribution in [0.15, 0.2) is 5.16 Å². The van der Waals surface area contributed by atoms with Crippen molar-refractivity contribution in [2.75, 3.05) is 32.6 Å². The minimum absolute atomic E-state index is 0.124. The van der Waals surface area contributed by atoms with Gasteiger partial charge in [0.05, 0.1) is 12.8 Å². The first-order valence-electron chi connectivity index (χ1n) is 5.69. The van der Waals surface area contributed by atoms with Crippen molar-refractivity contribution in [3.63, 3.8) is 0 Å². The van der Waals surface area contributed by atoms with Gasteiger partial charge in [-0.1, -0.05) is 11.8 Å². The number of likely N-dealkylation sites (N-methyl/N-ethyl adjacent to an activating group) is 1. The first kappa shape index (κ1) is 17.0. The molecular formula is C9H17N5O4S2. The molecular weight excluding hydrogens is 306 g/mol. The number of thioether (sulfide) groups is 1. The number of carbonyl (C=O) groups excluding carboxylic acids is 1. The maximum atomic E-state index is 11.0. The summed E-state index contributed by atoms with van der Waals surface area (Å²) in [5.41, 5.74) is 0. The first-order chi connectivity index (χ1) is 9.31. The summed E-state index contributed by atoms with van der Waals surface area (Å²) in [5, 5.41) is 11.7. The lowest BCUT2D eigenvalue weighted by Gasteiger charge is -2.11. The Morgan fingerprint density at radius 2 is 2.20 bits per heavy atom. The zero-order valence-corrected chi connectivity index (χ0v) is 13.1. The fraction of sp³-hybridized carbons (Fsp3) is 0.778. The molecule has 9 nitrogen and oxygen atoms in total. The van der Waals surface area contributed by atoms with Crippen molar-refractivity contribution < 1.29 is 17.4 Å². The van der Waals surface area contributed by atoms with Gasteiger partial charge in [-0.15, -0.1) is 5.10 Å². The minimum atomic E-state index is -3.67. The highest BCUT2D eigenvalue weighted by molar-refractivity contribution is 7.99. The molecule has 0 saturated heterocycles. The number of rotatable bonds is 9.